The maximum absolute atomic E-state index is 13.5. The summed E-state index contributed by atoms with van der Waals surface area (Å²) in [6.07, 6.45) is 4.23. The van der Waals surface area contributed by atoms with Crippen LogP contribution in [-0.2, 0) is 16.8 Å². The Morgan fingerprint density at radius 1 is 1.16 bits per heavy atom. The molecule has 2 heterocycles. The first-order chi connectivity index (χ1) is 14.6. The number of likely N-dealkylation sites (tertiary alicyclic amines) is 1. The van der Waals surface area contributed by atoms with Gasteiger partial charge in [0.15, 0.2) is 0 Å². The van der Waals surface area contributed by atoms with Crippen LogP contribution in [0.1, 0.15) is 64.3 Å². The van der Waals surface area contributed by atoms with Crippen LogP contribution >= 0.6 is 0 Å². The van der Waals surface area contributed by atoms with Crippen LogP contribution in [0.2, 0.25) is 0 Å². The number of amides is 1. The Bertz CT molecular complexity index is 938. The summed E-state index contributed by atoms with van der Waals surface area (Å²) in [4.78, 5) is 20.5. The van der Waals surface area contributed by atoms with Gasteiger partial charge in [0.05, 0.1) is 28.3 Å². The van der Waals surface area contributed by atoms with Crippen LogP contribution < -0.4 is 5.32 Å². The fourth-order valence-corrected chi connectivity index (χ4v) is 4.34. The Labute approximate surface area is 186 Å². The van der Waals surface area contributed by atoms with Gasteiger partial charge >= 0.3 is 0 Å². The quantitative estimate of drug-likeness (QED) is 0.754. The van der Waals surface area contributed by atoms with Crippen LogP contribution in [-0.4, -0.2) is 34.4 Å². The highest BCUT2D eigenvalue weighted by atomic mass is 16.2. The summed E-state index contributed by atoms with van der Waals surface area (Å²) >= 11 is 0. The number of carbonyl (C=O) groups is 1. The number of aryl methyl sites for hydroxylation is 1. The topological polar surface area (TPSA) is 69.0 Å². The van der Waals surface area contributed by atoms with E-state index in [1.807, 2.05) is 63.4 Å². The molecule has 0 spiro atoms. The number of aromatic nitrogens is 1. The average Bonchev–Trinajstić information content (AvgIpc) is 3.19. The van der Waals surface area contributed by atoms with E-state index in [4.69, 9.17) is 5.26 Å². The first kappa shape index (κ1) is 23.0. The van der Waals surface area contributed by atoms with Gasteiger partial charge in [0, 0.05) is 24.8 Å². The van der Waals surface area contributed by atoms with Crippen molar-refractivity contribution < 1.29 is 4.79 Å². The minimum Gasteiger partial charge on any atom is -0.351 e. The largest absolute Gasteiger partial charge is 0.351 e. The predicted molar refractivity (Wildman–Crippen MR) is 123 cm³/mol. The Morgan fingerprint density at radius 3 is 2.45 bits per heavy atom. The maximum Gasteiger partial charge on any atom is 0.227 e. The van der Waals surface area contributed by atoms with Crippen molar-refractivity contribution in [1.82, 2.24) is 15.2 Å². The van der Waals surface area contributed by atoms with E-state index in [1.165, 1.54) is 0 Å². The molecule has 1 aliphatic heterocycles. The number of hydrogen-bond acceptors (Lipinski definition) is 4. The highest BCUT2D eigenvalue weighted by molar-refractivity contribution is 5.84. The number of nitrogens with one attached hydrogen (secondary N) is 1. The summed E-state index contributed by atoms with van der Waals surface area (Å²) in [7, 11) is 0. The smallest absolute Gasteiger partial charge is 0.227 e. The van der Waals surface area contributed by atoms with Gasteiger partial charge in [0.25, 0.3) is 0 Å². The highest BCUT2D eigenvalue weighted by Crippen LogP contribution is 2.41. The molecule has 5 heteroatoms. The number of pyridine rings is 1. The normalized spacial score (nSPS) is 19.7. The Kier molecular flexibility index (Phi) is 6.52. The van der Waals surface area contributed by atoms with Crippen LogP contribution in [0.3, 0.4) is 0 Å². The molecule has 0 radical (unpaired) electrons. The Morgan fingerprint density at radius 2 is 1.87 bits per heavy atom. The van der Waals surface area contributed by atoms with E-state index in [-0.39, 0.29) is 17.0 Å². The molecule has 1 aromatic heterocycles. The Hall–Kier alpha value is -2.71. The molecule has 1 N–H and O–H groups in total. The van der Waals surface area contributed by atoms with E-state index in [0.29, 0.717) is 12.1 Å². The van der Waals surface area contributed by atoms with Gasteiger partial charge < -0.3 is 5.32 Å². The zero-order valence-corrected chi connectivity index (χ0v) is 19.4. The minimum atomic E-state index is -0.451. The van der Waals surface area contributed by atoms with E-state index in [0.717, 1.165) is 37.1 Å². The van der Waals surface area contributed by atoms with Crippen LogP contribution in [0.25, 0.3) is 0 Å². The molecule has 0 aliphatic carbocycles. The van der Waals surface area contributed by atoms with Gasteiger partial charge in [-0.05, 0) is 83.7 Å². The van der Waals surface area contributed by atoms with Crippen molar-refractivity contribution in [3.63, 3.8) is 0 Å². The molecule has 1 fully saturated rings. The summed E-state index contributed by atoms with van der Waals surface area (Å²) in [6, 6.07) is 15.9. The fraction of sp³-hybridized carbons (Fsp3) is 0.500. The maximum atomic E-state index is 13.5. The number of benzene rings is 1. The lowest BCUT2D eigenvalue weighted by atomic mass is 9.79. The van der Waals surface area contributed by atoms with Crippen LogP contribution in [0, 0.1) is 16.7 Å². The second kappa shape index (κ2) is 8.80. The highest BCUT2D eigenvalue weighted by Gasteiger charge is 2.48. The van der Waals surface area contributed by atoms with Crippen molar-refractivity contribution in [1.29, 1.82) is 5.26 Å². The molecule has 3 rings (SSSR count). The molecule has 5 nitrogen and oxygen atoms in total. The van der Waals surface area contributed by atoms with Gasteiger partial charge in [0.2, 0.25) is 5.91 Å². The molecule has 1 aromatic carbocycles. The van der Waals surface area contributed by atoms with Crippen LogP contribution in [0.15, 0.2) is 48.7 Å². The molecule has 1 aliphatic rings. The third-order valence-corrected chi connectivity index (χ3v) is 6.38. The predicted octanol–water partition coefficient (Wildman–Crippen LogP) is 4.43. The molecular weight excluding hydrogens is 384 g/mol. The molecule has 2 aromatic rings. The van der Waals surface area contributed by atoms with Crippen molar-refractivity contribution in [3.8, 4) is 6.07 Å². The first-order valence-electron chi connectivity index (χ1n) is 11.0. The molecular formula is C26H34N4O. The van der Waals surface area contributed by atoms with E-state index >= 15 is 0 Å². The van der Waals surface area contributed by atoms with Gasteiger partial charge in [-0.25, -0.2) is 0 Å². The molecule has 1 atom stereocenters. The fourth-order valence-electron chi connectivity index (χ4n) is 4.34. The second-order valence-corrected chi connectivity index (χ2v) is 10.2. The second-order valence-electron chi connectivity index (χ2n) is 10.2. The number of nitrogens with zero attached hydrogens (tertiary/aromatic N) is 3. The summed E-state index contributed by atoms with van der Waals surface area (Å²) in [5.74, 6) is 0.132. The van der Waals surface area contributed by atoms with Crippen LogP contribution in [0.4, 0.5) is 0 Å². The third kappa shape index (κ3) is 5.32. The number of rotatable bonds is 6. The van der Waals surface area contributed by atoms with E-state index in [9.17, 15) is 4.79 Å². The zero-order chi connectivity index (χ0) is 22.7. The molecule has 0 bridgehead atoms. The number of carbonyl (C=O) groups excluding carboxylic acids is 1. The van der Waals surface area contributed by atoms with Crippen molar-refractivity contribution in [2.45, 2.75) is 65.0 Å². The first-order valence-corrected chi connectivity index (χ1v) is 11.0. The molecule has 1 amide bonds. The van der Waals surface area contributed by atoms with E-state index in [1.54, 1.807) is 0 Å². The van der Waals surface area contributed by atoms with Gasteiger partial charge in [-0.3, -0.25) is 14.7 Å². The monoisotopic (exact) mass is 418 g/mol. The van der Waals surface area contributed by atoms with Gasteiger partial charge in [-0.2, -0.15) is 5.26 Å². The van der Waals surface area contributed by atoms with E-state index < -0.39 is 5.41 Å². The van der Waals surface area contributed by atoms with Crippen molar-refractivity contribution in [2.24, 2.45) is 5.41 Å². The van der Waals surface area contributed by atoms with Crippen LogP contribution in [0.5, 0.6) is 0 Å². The molecule has 1 saturated heterocycles. The lowest BCUT2D eigenvalue weighted by Crippen LogP contribution is -2.51. The van der Waals surface area contributed by atoms with Crippen molar-refractivity contribution in [3.05, 3.63) is 65.5 Å². The summed E-state index contributed by atoms with van der Waals surface area (Å²) in [5, 5.41) is 12.3. The SMILES string of the molecule is CC(C)(C)NC(=O)[C@]1(CCc2ccc(C#N)cc2)CCN(C(C)(C)c2ccccn2)C1. The number of nitriles is 1. The lowest BCUT2D eigenvalue weighted by molar-refractivity contribution is -0.132. The van der Waals surface area contributed by atoms with Gasteiger partial charge in [-0.1, -0.05) is 18.2 Å². The molecule has 0 unspecified atom stereocenters. The van der Waals surface area contributed by atoms with Gasteiger partial charge in [0.1, 0.15) is 0 Å². The summed E-state index contributed by atoms with van der Waals surface area (Å²) in [5.41, 5.74) is 1.86. The standard InChI is InChI=1S/C26H34N4O/c1-24(2,3)29-23(31)26(14-13-20-9-11-21(18-27)12-10-20)15-17-30(19-26)25(4,5)22-8-6-7-16-28-22/h6-12,16H,13-15,17,19H2,1-5H3,(H,29,31)/t26-/m1/s1. The van der Waals surface area contributed by atoms with Crippen molar-refractivity contribution in [2.75, 3.05) is 13.1 Å². The molecule has 0 saturated carbocycles. The van der Waals surface area contributed by atoms with E-state index in [2.05, 4.69) is 41.2 Å². The third-order valence-electron chi connectivity index (χ3n) is 6.38. The minimum absolute atomic E-state index is 0.132. The summed E-state index contributed by atoms with van der Waals surface area (Å²) in [6.45, 7) is 12.0. The average molecular weight is 419 g/mol. The molecule has 164 valence electrons. The van der Waals surface area contributed by atoms with Gasteiger partial charge in [-0.15, -0.1) is 0 Å². The van der Waals surface area contributed by atoms with Crippen molar-refractivity contribution >= 4 is 5.91 Å². The Balaban J connectivity index is 1.83. The number of hydrogen-bond donors (Lipinski definition) is 1. The summed E-state index contributed by atoms with van der Waals surface area (Å²) < 4.78 is 0. The lowest BCUT2D eigenvalue weighted by Gasteiger charge is -2.38. The molecule has 31 heavy (non-hydrogen) atoms. The zero-order valence-electron chi connectivity index (χ0n) is 19.4.